The summed E-state index contributed by atoms with van der Waals surface area (Å²) in [5, 5.41) is 0.616. The number of nitrogens with one attached hydrogen (secondary N) is 1. The fourth-order valence-electron chi connectivity index (χ4n) is 4.42. The number of pyridine rings is 1. The number of sulfonamides is 1. The predicted octanol–water partition coefficient (Wildman–Crippen LogP) is 4.74. The highest BCUT2D eigenvalue weighted by Crippen LogP contribution is 2.27. The van der Waals surface area contributed by atoms with E-state index >= 15 is 0 Å². The van der Waals surface area contributed by atoms with E-state index in [-0.39, 0.29) is 53.4 Å². The van der Waals surface area contributed by atoms with Crippen LogP contribution in [0.4, 0.5) is 18.9 Å². The first kappa shape index (κ1) is 25.7. The number of carbonyl (C=O) groups excluding carboxylic acids is 1. The minimum Gasteiger partial charge on any atom is -0.336 e. The fourth-order valence-corrected chi connectivity index (χ4v) is 5.67. The summed E-state index contributed by atoms with van der Waals surface area (Å²) in [5.74, 6) is -2.03. The van der Waals surface area contributed by atoms with Crippen molar-refractivity contribution in [2.24, 2.45) is 0 Å². The van der Waals surface area contributed by atoms with Crippen LogP contribution in [0.2, 0.25) is 0 Å². The van der Waals surface area contributed by atoms with E-state index in [2.05, 4.69) is 9.71 Å². The van der Waals surface area contributed by atoms with Gasteiger partial charge in [-0.1, -0.05) is 36.4 Å². The summed E-state index contributed by atoms with van der Waals surface area (Å²) >= 11 is 0. The van der Waals surface area contributed by atoms with Crippen LogP contribution in [0.15, 0.2) is 83.9 Å². The fraction of sp³-hybridized carbons (Fsp3) is 0.185. The SMILES string of the molecule is O=C(c1ccc(NS(=O)(=O)c2cccc3cccnc23)c(F)c1)N1CCN(C(F)c2ccccc2F)CC1. The molecular weight excluding hydrogens is 517 g/mol. The molecule has 1 saturated heterocycles. The Balaban J connectivity index is 1.27. The number of halogens is 3. The Bertz CT molecular complexity index is 1600. The van der Waals surface area contributed by atoms with Crippen LogP contribution in [0.1, 0.15) is 22.2 Å². The lowest BCUT2D eigenvalue weighted by atomic mass is 10.1. The molecule has 0 radical (unpaired) electrons. The summed E-state index contributed by atoms with van der Waals surface area (Å²) in [7, 11) is -4.17. The molecule has 0 bridgehead atoms. The van der Waals surface area contributed by atoms with Gasteiger partial charge in [0.05, 0.1) is 11.2 Å². The molecule has 1 amide bonds. The van der Waals surface area contributed by atoms with Gasteiger partial charge in [0.25, 0.3) is 15.9 Å². The van der Waals surface area contributed by atoms with Crippen LogP contribution in [-0.2, 0) is 10.0 Å². The van der Waals surface area contributed by atoms with Crippen LogP contribution in [0.5, 0.6) is 0 Å². The second kappa shape index (κ2) is 10.4. The van der Waals surface area contributed by atoms with Gasteiger partial charge in [0.15, 0.2) is 6.30 Å². The predicted molar refractivity (Wildman–Crippen MR) is 137 cm³/mol. The Morgan fingerprint density at radius 3 is 2.37 bits per heavy atom. The lowest BCUT2D eigenvalue weighted by molar-refractivity contribution is 0.0256. The largest absolute Gasteiger partial charge is 0.336 e. The second-order valence-electron chi connectivity index (χ2n) is 8.82. The average Bonchev–Trinajstić information content (AvgIpc) is 2.93. The van der Waals surface area contributed by atoms with Crippen molar-refractivity contribution in [2.75, 3.05) is 30.9 Å². The standard InChI is InChI=1S/C27H23F3N4O3S/c28-21-8-2-1-7-20(21)26(30)33-13-15-34(16-14-33)27(35)19-10-11-23(22(29)17-19)32-38(36,37)24-9-3-5-18-6-4-12-31-25(18)24/h1-12,17,26,32H,13-16H2. The van der Waals surface area contributed by atoms with Gasteiger partial charge >= 0.3 is 0 Å². The van der Waals surface area contributed by atoms with Gasteiger partial charge in [-0.15, -0.1) is 0 Å². The van der Waals surface area contributed by atoms with Crippen molar-refractivity contribution in [3.05, 3.63) is 102 Å². The minimum absolute atomic E-state index is 0.0247. The van der Waals surface area contributed by atoms with Gasteiger partial charge in [0.1, 0.15) is 16.5 Å². The van der Waals surface area contributed by atoms with Crippen molar-refractivity contribution >= 4 is 32.5 Å². The number of nitrogens with zero attached hydrogens (tertiary/aromatic N) is 3. The highest BCUT2D eigenvalue weighted by Gasteiger charge is 2.29. The van der Waals surface area contributed by atoms with E-state index in [9.17, 15) is 26.4 Å². The van der Waals surface area contributed by atoms with Gasteiger partial charge in [-0.2, -0.15) is 0 Å². The molecule has 7 nitrogen and oxygen atoms in total. The van der Waals surface area contributed by atoms with Crippen molar-refractivity contribution in [1.29, 1.82) is 0 Å². The van der Waals surface area contributed by atoms with Crippen LogP contribution in [0, 0.1) is 11.6 Å². The van der Waals surface area contributed by atoms with Gasteiger partial charge in [0.2, 0.25) is 0 Å². The number of hydrogen-bond acceptors (Lipinski definition) is 5. The van der Waals surface area contributed by atoms with E-state index in [1.54, 1.807) is 30.3 Å². The molecule has 3 aromatic carbocycles. The molecule has 2 heterocycles. The smallest absolute Gasteiger partial charge is 0.264 e. The third kappa shape index (κ3) is 5.07. The lowest BCUT2D eigenvalue weighted by Crippen LogP contribution is -2.49. The third-order valence-electron chi connectivity index (χ3n) is 6.43. The zero-order valence-electron chi connectivity index (χ0n) is 20.0. The van der Waals surface area contributed by atoms with E-state index < -0.39 is 33.9 Å². The number of para-hydroxylation sites is 1. The number of aromatic nitrogens is 1. The Hall–Kier alpha value is -3.96. The molecule has 38 heavy (non-hydrogen) atoms. The minimum atomic E-state index is -4.17. The summed E-state index contributed by atoms with van der Waals surface area (Å²) < 4.78 is 71.9. The van der Waals surface area contributed by atoms with Crippen LogP contribution in [-0.4, -0.2) is 55.3 Å². The molecule has 5 rings (SSSR count). The van der Waals surface area contributed by atoms with Crippen LogP contribution in [0.25, 0.3) is 10.9 Å². The number of alkyl halides is 1. The molecule has 1 fully saturated rings. The van der Waals surface area contributed by atoms with Crippen molar-refractivity contribution in [2.45, 2.75) is 11.2 Å². The molecule has 1 unspecified atom stereocenters. The van der Waals surface area contributed by atoms with Crippen LogP contribution < -0.4 is 4.72 Å². The molecular formula is C27H23F3N4O3S. The van der Waals surface area contributed by atoms with E-state index in [4.69, 9.17) is 0 Å². The van der Waals surface area contributed by atoms with Crippen molar-refractivity contribution in [1.82, 2.24) is 14.8 Å². The zero-order chi connectivity index (χ0) is 26.9. The monoisotopic (exact) mass is 540 g/mol. The maximum Gasteiger partial charge on any atom is 0.264 e. The Morgan fingerprint density at radius 2 is 1.63 bits per heavy atom. The number of anilines is 1. The molecule has 1 atom stereocenters. The summed E-state index contributed by atoms with van der Waals surface area (Å²) in [6.45, 7) is 0.664. The Kier molecular flexibility index (Phi) is 7.04. The number of rotatable bonds is 6. The highest BCUT2D eigenvalue weighted by atomic mass is 32.2. The number of benzene rings is 3. The van der Waals surface area contributed by atoms with E-state index in [1.807, 2.05) is 0 Å². The number of hydrogen-bond donors (Lipinski definition) is 1. The summed E-state index contributed by atoms with van der Waals surface area (Å²) in [5.41, 5.74) is -0.105. The first-order valence-corrected chi connectivity index (χ1v) is 13.3. The van der Waals surface area contributed by atoms with Gasteiger partial charge in [-0.3, -0.25) is 19.4 Å². The van der Waals surface area contributed by atoms with E-state index in [1.165, 1.54) is 52.4 Å². The number of amides is 1. The Morgan fingerprint density at radius 1 is 0.895 bits per heavy atom. The lowest BCUT2D eigenvalue weighted by Gasteiger charge is -2.36. The molecule has 0 saturated carbocycles. The molecule has 0 aliphatic carbocycles. The topological polar surface area (TPSA) is 82.6 Å². The average molecular weight is 541 g/mol. The first-order chi connectivity index (χ1) is 18.2. The number of piperazine rings is 1. The summed E-state index contributed by atoms with van der Waals surface area (Å²) in [6, 6.07) is 17.2. The van der Waals surface area contributed by atoms with E-state index in [0.717, 1.165) is 6.07 Å². The second-order valence-corrected chi connectivity index (χ2v) is 10.5. The van der Waals surface area contributed by atoms with Crippen LogP contribution >= 0.6 is 0 Å². The molecule has 0 spiro atoms. The summed E-state index contributed by atoms with van der Waals surface area (Å²) in [6.07, 6.45) is -0.175. The first-order valence-electron chi connectivity index (χ1n) is 11.8. The van der Waals surface area contributed by atoms with Gasteiger partial charge in [-0.05, 0) is 36.4 Å². The highest BCUT2D eigenvalue weighted by molar-refractivity contribution is 7.93. The van der Waals surface area contributed by atoms with Gasteiger partial charge < -0.3 is 4.90 Å². The third-order valence-corrected chi connectivity index (χ3v) is 7.83. The molecule has 1 N–H and O–H groups in total. The molecule has 1 aliphatic rings. The zero-order valence-corrected chi connectivity index (χ0v) is 20.8. The van der Waals surface area contributed by atoms with Crippen LogP contribution in [0.3, 0.4) is 0 Å². The van der Waals surface area contributed by atoms with Crippen molar-refractivity contribution < 1.29 is 26.4 Å². The van der Waals surface area contributed by atoms with Crippen molar-refractivity contribution in [3.8, 4) is 0 Å². The Labute approximate surface area is 217 Å². The molecule has 1 aliphatic heterocycles. The molecule has 196 valence electrons. The van der Waals surface area contributed by atoms with Gasteiger partial charge in [-0.25, -0.2) is 21.6 Å². The number of carbonyl (C=O) groups is 1. The molecule has 11 heteroatoms. The maximum absolute atomic E-state index is 14.9. The quantitative estimate of drug-likeness (QED) is 0.358. The molecule has 1 aromatic heterocycles. The van der Waals surface area contributed by atoms with E-state index in [0.29, 0.717) is 5.39 Å². The molecule has 4 aromatic rings. The summed E-state index contributed by atoms with van der Waals surface area (Å²) in [4.78, 5) is 19.9. The van der Waals surface area contributed by atoms with Crippen molar-refractivity contribution in [3.63, 3.8) is 0 Å². The normalized spacial score (nSPS) is 15.4. The maximum atomic E-state index is 14.9. The van der Waals surface area contributed by atoms with Gasteiger partial charge in [0, 0.05) is 48.9 Å². The number of fused-ring (bicyclic) bond motifs is 1.